The van der Waals surface area contributed by atoms with Gasteiger partial charge in [0.2, 0.25) is 0 Å². The molecule has 0 spiro atoms. The van der Waals surface area contributed by atoms with Gasteiger partial charge in [0.05, 0.1) is 10.5 Å². The molecule has 0 aliphatic rings. The molecule has 0 fully saturated rings. The third-order valence-corrected chi connectivity index (χ3v) is 4.02. The molecule has 0 saturated carbocycles. The van der Waals surface area contributed by atoms with E-state index in [-0.39, 0.29) is 21.0 Å². The maximum absolute atomic E-state index is 11.8. The summed E-state index contributed by atoms with van der Waals surface area (Å²) < 4.78 is 23.6. The lowest BCUT2D eigenvalue weighted by molar-refractivity contribution is 0.0696. The average molecular weight is 273 g/mol. The monoisotopic (exact) mass is 272 g/mol. The Kier molecular flexibility index (Phi) is 3.81. The number of benzene rings is 1. The van der Waals surface area contributed by atoms with Crippen LogP contribution in [0.2, 0.25) is 5.02 Å². The van der Waals surface area contributed by atoms with Crippen LogP contribution in [-0.2, 0) is 9.84 Å². The van der Waals surface area contributed by atoms with E-state index in [0.29, 0.717) is 0 Å². The minimum Gasteiger partial charge on any atom is -0.478 e. The number of hydrogen-bond donors (Lipinski definition) is 1. The second-order valence-electron chi connectivity index (χ2n) is 3.34. The molecule has 6 heteroatoms. The quantitative estimate of drug-likeness (QED) is 0.851. The second-order valence-corrected chi connectivity index (χ2v) is 5.74. The van der Waals surface area contributed by atoms with E-state index in [1.807, 2.05) is 5.92 Å². The van der Waals surface area contributed by atoms with Crippen LogP contribution in [0.1, 0.15) is 15.9 Å². The first-order valence-corrected chi connectivity index (χ1v) is 6.52. The lowest BCUT2D eigenvalue weighted by Gasteiger charge is -2.09. The van der Waals surface area contributed by atoms with E-state index in [1.54, 1.807) is 0 Å². The van der Waals surface area contributed by atoms with Crippen LogP contribution in [-0.4, -0.2) is 25.2 Å². The van der Waals surface area contributed by atoms with Crippen molar-refractivity contribution in [3.05, 3.63) is 28.3 Å². The highest BCUT2D eigenvalue weighted by Gasteiger charge is 2.21. The van der Waals surface area contributed by atoms with Gasteiger partial charge in [0.15, 0.2) is 9.84 Å². The molecule has 1 N–H and O–H groups in total. The van der Waals surface area contributed by atoms with E-state index in [9.17, 15) is 13.2 Å². The van der Waals surface area contributed by atoms with Crippen molar-refractivity contribution in [1.82, 2.24) is 0 Å². The Hall–Kier alpha value is -1.51. The van der Waals surface area contributed by atoms with E-state index >= 15 is 0 Å². The summed E-state index contributed by atoms with van der Waals surface area (Å²) in [7, 11) is -3.70. The van der Waals surface area contributed by atoms with Crippen LogP contribution in [0.4, 0.5) is 0 Å². The molecular formula is C11H9ClO4S. The minimum atomic E-state index is -3.70. The first-order chi connectivity index (χ1) is 7.79. The average Bonchev–Trinajstić information content (AvgIpc) is 2.20. The van der Waals surface area contributed by atoms with Gasteiger partial charge in [0.25, 0.3) is 0 Å². The number of carboxylic acids is 1. The fourth-order valence-corrected chi connectivity index (χ4v) is 2.93. The smallest absolute Gasteiger partial charge is 0.336 e. The molecule has 0 bridgehead atoms. The van der Waals surface area contributed by atoms with Gasteiger partial charge in [-0.1, -0.05) is 17.5 Å². The first kappa shape index (κ1) is 13.6. The number of rotatable bonds is 3. The third kappa shape index (κ3) is 2.78. The number of hydrogen-bond acceptors (Lipinski definition) is 3. The zero-order valence-electron chi connectivity index (χ0n) is 8.90. The van der Waals surface area contributed by atoms with Crippen molar-refractivity contribution in [1.29, 1.82) is 0 Å². The number of halogens is 1. The number of aromatic carboxylic acids is 1. The molecule has 0 heterocycles. The van der Waals surface area contributed by atoms with E-state index in [2.05, 4.69) is 0 Å². The van der Waals surface area contributed by atoms with Gasteiger partial charge in [-0.2, -0.15) is 0 Å². The maximum Gasteiger partial charge on any atom is 0.336 e. The highest BCUT2D eigenvalue weighted by atomic mass is 35.5. The fraction of sp³-hybridized carbons (Fsp3) is 0.182. The molecular weight excluding hydrogens is 264 g/mol. The maximum atomic E-state index is 11.8. The van der Waals surface area contributed by atoms with Crippen LogP contribution < -0.4 is 0 Å². The number of carboxylic acid groups (broad SMARTS) is 1. The second kappa shape index (κ2) is 4.78. The van der Waals surface area contributed by atoms with Gasteiger partial charge in [0.1, 0.15) is 5.75 Å². The van der Waals surface area contributed by atoms with Crippen LogP contribution >= 0.6 is 11.6 Å². The van der Waals surface area contributed by atoms with Crippen molar-refractivity contribution in [2.45, 2.75) is 11.8 Å². The summed E-state index contributed by atoms with van der Waals surface area (Å²) in [5, 5.41) is 8.96. The van der Waals surface area contributed by atoms with E-state index < -0.39 is 21.6 Å². The highest BCUT2D eigenvalue weighted by molar-refractivity contribution is 7.91. The molecule has 0 unspecified atom stereocenters. The molecule has 0 radical (unpaired) electrons. The molecule has 1 aromatic rings. The van der Waals surface area contributed by atoms with Crippen molar-refractivity contribution in [2.24, 2.45) is 0 Å². The molecule has 0 aliphatic carbocycles. The zero-order valence-corrected chi connectivity index (χ0v) is 10.5. The third-order valence-electron chi connectivity index (χ3n) is 2.16. The molecule has 1 aromatic carbocycles. The van der Waals surface area contributed by atoms with Crippen molar-refractivity contribution in [2.75, 3.05) is 5.75 Å². The standard InChI is InChI=1S/C11H9ClO4S/c1-3-4-17(15,16)10-6-8(12)5-9(7(10)2)11(13)14/h1,5-6H,4H2,2H3,(H,13,14). The van der Waals surface area contributed by atoms with Gasteiger partial charge in [-0.05, 0) is 24.6 Å². The topological polar surface area (TPSA) is 71.4 Å². The Morgan fingerprint density at radius 1 is 1.53 bits per heavy atom. The molecule has 0 atom stereocenters. The lowest BCUT2D eigenvalue weighted by atomic mass is 10.1. The van der Waals surface area contributed by atoms with Gasteiger partial charge in [0, 0.05) is 5.02 Å². The van der Waals surface area contributed by atoms with Gasteiger partial charge >= 0.3 is 5.97 Å². The largest absolute Gasteiger partial charge is 0.478 e. The molecule has 0 amide bonds. The van der Waals surface area contributed by atoms with Gasteiger partial charge in [-0.25, -0.2) is 13.2 Å². The Labute approximate surface area is 104 Å². The summed E-state index contributed by atoms with van der Waals surface area (Å²) in [5.74, 6) is 0.296. The van der Waals surface area contributed by atoms with Gasteiger partial charge in [-0.15, -0.1) is 6.42 Å². The van der Waals surface area contributed by atoms with Crippen LogP contribution in [0.3, 0.4) is 0 Å². The summed E-state index contributed by atoms with van der Waals surface area (Å²) in [4.78, 5) is 10.8. The van der Waals surface area contributed by atoms with E-state index in [4.69, 9.17) is 23.1 Å². The normalized spacial score (nSPS) is 10.9. The molecule has 17 heavy (non-hydrogen) atoms. The number of sulfone groups is 1. The molecule has 0 aromatic heterocycles. The lowest BCUT2D eigenvalue weighted by Crippen LogP contribution is -2.10. The summed E-state index contributed by atoms with van der Waals surface area (Å²) >= 11 is 5.69. The highest BCUT2D eigenvalue weighted by Crippen LogP contribution is 2.25. The van der Waals surface area contributed by atoms with Crippen molar-refractivity contribution in [3.8, 4) is 12.3 Å². The predicted molar refractivity (Wildman–Crippen MR) is 64.0 cm³/mol. The van der Waals surface area contributed by atoms with E-state index in [0.717, 1.165) is 0 Å². The Bertz CT molecular complexity index is 611. The van der Waals surface area contributed by atoms with Crippen molar-refractivity contribution >= 4 is 27.4 Å². The van der Waals surface area contributed by atoms with Gasteiger partial charge < -0.3 is 5.11 Å². The van der Waals surface area contributed by atoms with Crippen molar-refractivity contribution < 1.29 is 18.3 Å². The summed E-state index contributed by atoms with van der Waals surface area (Å²) in [6.45, 7) is 1.41. The Morgan fingerprint density at radius 3 is 2.59 bits per heavy atom. The van der Waals surface area contributed by atoms with Crippen LogP contribution in [0.25, 0.3) is 0 Å². The van der Waals surface area contributed by atoms with Crippen LogP contribution in [0.15, 0.2) is 17.0 Å². The Morgan fingerprint density at radius 2 is 2.12 bits per heavy atom. The fourth-order valence-electron chi connectivity index (χ4n) is 1.39. The number of carbonyl (C=O) groups is 1. The SMILES string of the molecule is C#CCS(=O)(=O)c1cc(Cl)cc(C(=O)O)c1C. The van der Waals surface area contributed by atoms with Crippen molar-refractivity contribution in [3.63, 3.8) is 0 Å². The van der Waals surface area contributed by atoms with Crippen LogP contribution in [0, 0.1) is 19.3 Å². The van der Waals surface area contributed by atoms with Gasteiger partial charge in [-0.3, -0.25) is 0 Å². The minimum absolute atomic E-state index is 0.0450. The summed E-state index contributed by atoms with van der Waals surface area (Å²) in [6.07, 6.45) is 4.96. The molecule has 4 nitrogen and oxygen atoms in total. The predicted octanol–water partition coefficient (Wildman–Crippen LogP) is 1.75. The molecule has 90 valence electrons. The summed E-state index contributed by atoms with van der Waals surface area (Å²) in [6, 6.07) is 2.41. The van der Waals surface area contributed by atoms with E-state index in [1.165, 1.54) is 19.1 Å². The zero-order chi connectivity index (χ0) is 13.2. The Balaban J connectivity index is 3.57. The number of terminal acetylenes is 1. The van der Waals surface area contributed by atoms with Crippen LogP contribution in [0.5, 0.6) is 0 Å². The summed E-state index contributed by atoms with van der Waals surface area (Å²) in [5.41, 5.74) is -0.00903. The first-order valence-electron chi connectivity index (χ1n) is 4.49. The molecule has 0 aliphatic heterocycles. The molecule has 0 saturated heterocycles. The molecule has 1 rings (SSSR count).